The number of benzene rings is 1. The molecule has 1 aromatic carbocycles. The fraction of sp³-hybridized carbons (Fsp3) is 0.545. The zero-order chi connectivity index (χ0) is 20.2. The van der Waals surface area contributed by atoms with E-state index in [9.17, 15) is 0 Å². The van der Waals surface area contributed by atoms with Crippen molar-refractivity contribution < 1.29 is 0 Å². The van der Waals surface area contributed by atoms with Crippen LogP contribution in [0.2, 0.25) is 0 Å². The SMILES string of the molecule is CCNC(=NCc1ccc(-n2cccn2)cc1)NC(C)CCCN(CC)CC. The Balaban J connectivity index is 1.85. The van der Waals surface area contributed by atoms with Gasteiger partial charge in [-0.1, -0.05) is 26.0 Å². The van der Waals surface area contributed by atoms with Crippen molar-refractivity contribution in [3.8, 4) is 5.69 Å². The first-order valence-corrected chi connectivity index (χ1v) is 10.5. The van der Waals surface area contributed by atoms with E-state index in [0.29, 0.717) is 12.6 Å². The van der Waals surface area contributed by atoms with E-state index in [1.54, 1.807) is 6.20 Å². The molecule has 0 bridgehead atoms. The van der Waals surface area contributed by atoms with Gasteiger partial charge in [0.2, 0.25) is 0 Å². The van der Waals surface area contributed by atoms with Crippen molar-refractivity contribution in [1.82, 2.24) is 25.3 Å². The summed E-state index contributed by atoms with van der Waals surface area (Å²) >= 11 is 0. The molecule has 0 fully saturated rings. The predicted octanol–water partition coefficient (Wildman–Crippen LogP) is 3.44. The van der Waals surface area contributed by atoms with Crippen LogP contribution in [0.5, 0.6) is 0 Å². The first-order valence-electron chi connectivity index (χ1n) is 10.5. The summed E-state index contributed by atoms with van der Waals surface area (Å²) < 4.78 is 1.86. The number of nitrogens with one attached hydrogen (secondary N) is 2. The fourth-order valence-electron chi connectivity index (χ4n) is 3.13. The normalized spacial score (nSPS) is 13.0. The monoisotopic (exact) mass is 384 g/mol. The Bertz CT molecular complexity index is 674. The molecule has 0 aliphatic rings. The summed E-state index contributed by atoms with van der Waals surface area (Å²) in [7, 11) is 0. The van der Waals surface area contributed by atoms with Gasteiger partial charge in [0.05, 0.1) is 12.2 Å². The van der Waals surface area contributed by atoms with Gasteiger partial charge in [-0.15, -0.1) is 0 Å². The number of aromatic nitrogens is 2. The Morgan fingerprint density at radius 2 is 1.93 bits per heavy atom. The third-order valence-corrected chi connectivity index (χ3v) is 4.86. The molecule has 0 aliphatic carbocycles. The van der Waals surface area contributed by atoms with E-state index in [-0.39, 0.29) is 0 Å². The molecular formula is C22H36N6. The van der Waals surface area contributed by atoms with Gasteiger partial charge in [0.1, 0.15) is 0 Å². The minimum absolute atomic E-state index is 0.399. The van der Waals surface area contributed by atoms with Crippen LogP contribution in [0.1, 0.15) is 46.1 Å². The molecule has 0 saturated carbocycles. The molecule has 2 rings (SSSR count). The van der Waals surface area contributed by atoms with Crippen LogP contribution in [0, 0.1) is 0 Å². The highest BCUT2D eigenvalue weighted by Crippen LogP contribution is 2.09. The third kappa shape index (κ3) is 7.35. The van der Waals surface area contributed by atoms with Gasteiger partial charge >= 0.3 is 0 Å². The maximum atomic E-state index is 4.75. The van der Waals surface area contributed by atoms with E-state index >= 15 is 0 Å². The molecule has 1 heterocycles. The number of rotatable bonds is 11. The second-order valence-electron chi connectivity index (χ2n) is 7.03. The Labute approximate surface area is 170 Å². The van der Waals surface area contributed by atoms with Crippen LogP contribution in [-0.4, -0.2) is 52.9 Å². The summed E-state index contributed by atoms with van der Waals surface area (Å²) in [5.41, 5.74) is 2.24. The molecule has 0 saturated heterocycles. The topological polar surface area (TPSA) is 57.5 Å². The molecule has 154 valence electrons. The van der Waals surface area contributed by atoms with Crippen LogP contribution in [0.25, 0.3) is 5.69 Å². The maximum Gasteiger partial charge on any atom is 0.191 e. The highest BCUT2D eigenvalue weighted by molar-refractivity contribution is 5.80. The molecule has 2 aromatic rings. The summed E-state index contributed by atoms with van der Waals surface area (Å²) in [4.78, 5) is 7.22. The summed E-state index contributed by atoms with van der Waals surface area (Å²) in [6.45, 7) is 13.7. The largest absolute Gasteiger partial charge is 0.357 e. The predicted molar refractivity (Wildman–Crippen MR) is 118 cm³/mol. The number of hydrogen-bond acceptors (Lipinski definition) is 3. The minimum Gasteiger partial charge on any atom is -0.357 e. The van der Waals surface area contributed by atoms with E-state index in [0.717, 1.165) is 44.2 Å². The van der Waals surface area contributed by atoms with Gasteiger partial charge in [0.25, 0.3) is 0 Å². The van der Waals surface area contributed by atoms with Crippen molar-refractivity contribution in [2.24, 2.45) is 4.99 Å². The molecule has 2 N–H and O–H groups in total. The van der Waals surface area contributed by atoms with E-state index in [2.05, 4.69) is 72.6 Å². The summed E-state index contributed by atoms with van der Waals surface area (Å²) in [6, 6.07) is 10.7. The zero-order valence-corrected chi connectivity index (χ0v) is 17.9. The van der Waals surface area contributed by atoms with Crippen molar-refractivity contribution in [1.29, 1.82) is 0 Å². The lowest BCUT2D eigenvalue weighted by atomic mass is 10.2. The molecule has 6 heteroatoms. The second-order valence-corrected chi connectivity index (χ2v) is 7.03. The Hall–Kier alpha value is -2.34. The summed E-state index contributed by atoms with van der Waals surface area (Å²) in [5, 5.41) is 11.2. The van der Waals surface area contributed by atoms with Crippen molar-refractivity contribution in [3.05, 3.63) is 48.3 Å². The fourth-order valence-corrected chi connectivity index (χ4v) is 3.13. The van der Waals surface area contributed by atoms with Gasteiger partial charge in [0, 0.05) is 25.0 Å². The first-order chi connectivity index (χ1) is 13.7. The van der Waals surface area contributed by atoms with Crippen LogP contribution >= 0.6 is 0 Å². The van der Waals surface area contributed by atoms with Crippen LogP contribution in [-0.2, 0) is 6.54 Å². The highest BCUT2D eigenvalue weighted by Gasteiger charge is 2.07. The van der Waals surface area contributed by atoms with E-state index in [1.165, 1.54) is 12.0 Å². The first kappa shape index (κ1) is 22.0. The van der Waals surface area contributed by atoms with Gasteiger partial charge in [-0.3, -0.25) is 0 Å². The van der Waals surface area contributed by atoms with Crippen LogP contribution in [0.4, 0.5) is 0 Å². The average molecular weight is 385 g/mol. The van der Waals surface area contributed by atoms with E-state index < -0.39 is 0 Å². The summed E-state index contributed by atoms with van der Waals surface area (Å²) in [6.07, 6.45) is 6.07. The molecule has 6 nitrogen and oxygen atoms in total. The Kier molecular flexibility index (Phi) is 9.55. The number of aliphatic imine (C=N–C) groups is 1. The van der Waals surface area contributed by atoms with Gasteiger partial charge in [-0.25, -0.2) is 9.67 Å². The lowest BCUT2D eigenvalue weighted by Crippen LogP contribution is -2.42. The lowest BCUT2D eigenvalue weighted by Gasteiger charge is -2.21. The third-order valence-electron chi connectivity index (χ3n) is 4.86. The van der Waals surface area contributed by atoms with Gasteiger partial charge < -0.3 is 15.5 Å². The molecule has 28 heavy (non-hydrogen) atoms. The van der Waals surface area contributed by atoms with Crippen LogP contribution < -0.4 is 10.6 Å². The number of guanidine groups is 1. The van der Waals surface area contributed by atoms with Crippen LogP contribution in [0.3, 0.4) is 0 Å². The van der Waals surface area contributed by atoms with Gasteiger partial charge in [-0.05, 0) is 70.1 Å². The van der Waals surface area contributed by atoms with Crippen molar-refractivity contribution in [2.75, 3.05) is 26.2 Å². The molecule has 0 aliphatic heterocycles. The molecule has 1 unspecified atom stereocenters. The smallest absolute Gasteiger partial charge is 0.191 e. The molecular weight excluding hydrogens is 348 g/mol. The standard InChI is InChI=1S/C22H36N6/c1-5-23-22(26-19(4)10-8-16-27(6-2)7-3)24-18-20-11-13-21(14-12-20)28-17-9-15-25-28/h9,11-15,17,19H,5-8,10,16,18H2,1-4H3,(H2,23,24,26). The highest BCUT2D eigenvalue weighted by atomic mass is 15.3. The van der Waals surface area contributed by atoms with Crippen molar-refractivity contribution in [3.63, 3.8) is 0 Å². The summed E-state index contributed by atoms with van der Waals surface area (Å²) in [5.74, 6) is 0.883. The minimum atomic E-state index is 0.399. The molecule has 1 atom stereocenters. The number of nitrogens with zero attached hydrogens (tertiary/aromatic N) is 4. The Morgan fingerprint density at radius 3 is 2.54 bits per heavy atom. The second kappa shape index (κ2) is 12.2. The number of hydrogen-bond donors (Lipinski definition) is 2. The van der Waals surface area contributed by atoms with Gasteiger partial charge in [0.15, 0.2) is 5.96 Å². The molecule has 0 spiro atoms. The quantitative estimate of drug-likeness (QED) is 0.460. The molecule has 0 radical (unpaired) electrons. The van der Waals surface area contributed by atoms with Gasteiger partial charge in [-0.2, -0.15) is 5.10 Å². The average Bonchev–Trinajstić information content (AvgIpc) is 3.25. The molecule has 1 aromatic heterocycles. The Morgan fingerprint density at radius 1 is 1.18 bits per heavy atom. The lowest BCUT2D eigenvalue weighted by molar-refractivity contribution is 0.292. The molecule has 0 amide bonds. The van der Waals surface area contributed by atoms with Crippen LogP contribution in [0.15, 0.2) is 47.7 Å². The zero-order valence-electron chi connectivity index (χ0n) is 17.9. The van der Waals surface area contributed by atoms with E-state index in [1.807, 2.05) is 16.9 Å². The van der Waals surface area contributed by atoms with Crippen molar-refractivity contribution in [2.45, 2.75) is 53.1 Å². The maximum absolute atomic E-state index is 4.75. The van der Waals surface area contributed by atoms with E-state index in [4.69, 9.17) is 4.99 Å². The van der Waals surface area contributed by atoms with Crippen molar-refractivity contribution >= 4 is 5.96 Å².